The highest BCUT2D eigenvalue weighted by atomic mass is 32.2. The average Bonchev–Trinajstić information content (AvgIpc) is 3.25. The fraction of sp³-hybridized carbons (Fsp3) is 0.480. The van der Waals surface area contributed by atoms with E-state index in [-0.39, 0.29) is 17.6 Å². The predicted molar refractivity (Wildman–Crippen MR) is 139 cm³/mol. The summed E-state index contributed by atoms with van der Waals surface area (Å²) in [6.07, 6.45) is 5.24. The van der Waals surface area contributed by atoms with Gasteiger partial charge in [-0.2, -0.15) is 0 Å². The van der Waals surface area contributed by atoms with E-state index in [1.54, 1.807) is 6.33 Å². The highest BCUT2D eigenvalue weighted by Gasteiger charge is 2.29. The number of morpholine rings is 1. The van der Waals surface area contributed by atoms with Crippen molar-refractivity contribution < 1.29 is 17.9 Å². The first kappa shape index (κ1) is 24.5. The first-order valence-electron chi connectivity index (χ1n) is 12.4. The van der Waals surface area contributed by atoms with Gasteiger partial charge in [0.2, 0.25) is 5.91 Å². The molecule has 1 aliphatic heterocycles. The SMILES string of the molecule is CS(=O)(=O)CCCNC(=O)C1CCc2[nH]c3ncnc(Nc4ccccc4N4CCOCC4)c3c2C1. The Morgan fingerprint density at radius 3 is 2.83 bits per heavy atom. The Labute approximate surface area is 210 Å². The van der Waals surface area contributed by atoms with E-state index in [0.29, 0.717) is 38.4 Å². The molecule has 5 rings (SSSR count). The standard InChI is InChI=1S/C25H32N6O4S/c1-36(33,34)14-4-9-26-25(32)17-7-8-19-18(15-17)22-23(29-19)27-16-28-24(22)30-20-5-2-3-6-21(20)31-10-12-35-13-11-31/h2-3,5-6,16-17H,4,7-15H2,1H3,(H,26,32)(H2,27,28,29,30). The van der Waals surface area contributed by atoms with Gasteiger partial charge in [-0.15, -0.1) is 0 Å². The Kier molecular flexibility index (Phi) is 7.10. The topological polar surface area (TPSA) is 129 Å². The molecule has 0 bridgehead atoms. The van der Waals surface area contributed by atoms with Gasteiger partial charge in [0, 0.05) is 37.5 Å². The van der Waals surface area contributed by atoms with Crippen LogP contribution in [0.3, 0.4) is 0 Å². The second kappa shape index (κ2) is 10.4. The number of rotatable bonds is 8. The van der Waals surface area contributed by atoms with Crippen molar-refractivity contribution >= 4 is 44.0 Å². The minimum Gasteiger partial charge on any atom is -0.378 e. The summed E-state index contributed by atoms with van der Waals surface area (Å²) in [6.45, 7) is 3.43. The van der Waals surface area contributed by atoms with E-state index in [0.717, 1.165) is 59.6 Å². The number of benzene rings is 1. The molecule has 1 atom stereocenters. The van der Waals surface area contributed by atoms with Crippen molar-refractivity contribution in [1.82, 2.24) is 20.3 Å². The number of carbonyl (C=O) groups excluding carboxylic acids is 1. The normalized spacial score (nSPS) is 18.1. The Balaban J connectivity index is 1.36. The van der Waals surface area contributed by atoms with E-state index in [1.165, 1.54) is 6.26 Å². The number of amides is 1. The number of hydrogen-bond acceptors (Lipinski definition) is 8. The lowest BCUT2D eigenvalue weighted by Crippen LogP contribution is -2.36. The molecule has 1 aromatic carbocycles. The lowest BCUT2D eigenvalue weighted by Gasteiger charge is -2.30. The highest BCUT2D eigenvalue weighted by Crippen LogP contribution is 2.37. The van der Waals surface area contributed by atoms with Crippen LogP contribution in [0.15, 0.2) is 30.6 Å². The van der Waals surface area contributed by atoms with Crippen molar-refractivity contribution in [2.24, 2.45) is 5.92 Å². The van der Waals surface area contributed by atoms with Gasteiger partial charge in [0.25, 0.3) is 0 Å². The molecule has 3 N–H and O–H groups in total. The number of carbonyl (C=O) groups is 1. The Morgan fingerprint density at radius 2 is 2.03 bits per heavy atom. The van der Waals surface area contributed by atoms with Gasteiger partial charge < -0.3 is 25.3 Å². The van der Waals surface area contributed by atoms with Gasteiger partial charge in [-0.25, -0.2) is 18.4 Å². The number of ether oxygens (including phenoxy) is 1. The van der Waals surface area contributed by atoms with Crippen molar-refractivity contribution in [3.05, 3.63) is 41.9 Å². The highest BCUT2D eigenvalue weighted by molar-refractivity contribution is 7.90. The van der Waals surface area contributed by atoms with Gasteiger partial charge in [-0.05, 0) is 43.4 Å². The smallest absolute Gasteiger partial charge is 0.223 e. The minimum atomic E-state index is -3.03. The molecule has 2 aromatic heterocycles. The van der Waals surface area contributed by atoms with Crippen molar-refractivity contribution in [3.8, 4) is 0 Å². The summed E-state index contributed by atoms with van der Waals surface area (Å²) < 4.78 is 28.2. The number of anilines is 3. The lowest BCUT2D eigenvalue weighted by atomic mass is 9.86. The van der Waals surface area contributed by atoms with Crippen molar-refractivity contribution in [1.29, 1.82) is 0 Å². The van der Waals surface area contributed by atoms with E-state index in [2.05, 4.69) is 36.6 Å². The zero-order chi connectivity index (χ0) is 25.1. The quantitative estimate of drug-likeness (QED) is 0.392. The number of H-pyrrole nitrogens is 1. The fourth-order valence-electron chi connectivity index (χ4n) is 5.04. The van der Waals surface area contributed by atoms with Gasteiger partial charge in [-0.3, -0.25) is 4.79 Å². The summed E-state index contributed by atoms with van der Waals surface area (Å²) in [5, 5.41) is 7.37. The summed E-state index contributed by atoms with van der Waals surface area (Å²) >= 11 is 0. The Bertz CT molecular complexity index is 1350. The Morgan fingerprint density at radius 1 is 1.22 bits per heavy atom. The number of fused-ring (bicyclic) bond motifs is 3. The monoisotopic (exact) mass is 512 g/mol. The first-order chi connectivity index (χ1) is 17.4. The van der Waals surface area contributed by atoms with E-state index in [4.69, 9.17) is 4.74 Å². The van der Waals surface area contributed by atoms with E-state index in [1.807, 2.05) is 18.2 Å². The molecule has 2 aliphatic rings. The molecule has 0 saturated carbocycles. The summed E-state index contributed by atoms with van der Waals surface area (Å²) in [6, 6.07) is 8.18. The summed E-state index contributed by atoms with van der Waals surface area (Å²) in [5.74, 6) is 0.575. The molecule has 11 heteroatoms. The van der Waals surface area contributed by atoms with Crippen LogP contribution in [0.1, 0.15) is 24.1 Å². The molecule has 3 heterocycles. The molecular weight excluding hydrogens is 480 g/mol. The number of aromatic nitrogens is 3. The number of aromatic amines is 1. The third-order valence-electron chi connectivity index (χ3n) is 6.85. The van der Waals surface area contributed by atoms with Crippen LogP contribution in [0.5, 0.6) is 0 Å². The van der Waals surface area contributed by atoms with Crippen LogP contribution in [0, 0.1) is 5.92 Å². The molecule has 1 aliphatic carbocycles. The zero-order valence-corrected chi connectivity index (χ0v) is 21.2. The number of aryl methyl sites for hydroxylation is 1. The van der Waals surface area contributed by atoms with E-state index in [9.17, 15) is 13.2 Å². The number of hydrogen-bond donors (Lipinski definition) is 3. The lowest BCUT2D eigenvalue weighted by molar-refractivity contribution is -0.125. The van der Waals surface area contributed by atoms with Crippen LogP contribution in [-0.2, 0) is 32.2 Å². The zero-order valence-electron chi connectivity index (χ0n) is 20.4. The maximum atomic E-state index is 12.9. The fourth-order valence-corrected chi connectivity index (χ4v) is 5.71. The summed E-state index contributed by atoms with van der Waals surface area (Å²) in [4.78, 5) is 27.6. The summed E-state index contributed by atoms with van der Waals surface area (Å²) in [7, 11) is -3.03. The number of para-hydroxylation sites is 2. The van der Waals surface area contributed by atoms with E-state index >= 15 is 0 Å². The molecule has 192 valence electrons. The van der Waals surface area contributed by atoms with Gasteiger partial charge >= 0.3 is 0 Å². The van der Waals surface area contributed by atoms with Gasteiger partial charge in [-0.1, -0.05) is 12.1 Å². The first-order valence-corrected chi connectivity index (χ1v) is 14.4. The van der Waals surface area contributed by atoms with Crippen molar-refractivity contribution in [2.75, 3.05) is 55.1 Å². The third-order valence-corrected chi connectivity index (χ3v) is 7.88. The number of nitrogens with one attached hydrogen (secondary N) is 3. The molecular formula is C25H32N6O4S. The molecule has 1 unspecified atom stereocenters. The van der Waals surface area contributed by atoms with Crippen LogP contribution in [0.2, 0.25) is 0 Å². The number of nitrogens with zero attached hydrogens (tertiary/aromatic N) is 3. The van der Waals surface area contributed by atoms with Crippen LogP contribution in [-0.4, -0.2) is 74.1 Å². The second-order valence-electron chi connectivity index (χ2n) is 9.48. The van der Waals surface area contributed by atoms with E-state index < -0.39 is 9.84 Å². The van der Waals surface area contributed by atoms with Crippen molar-refractivity contribution in [2.45, 2.75) is 25.7 Å². The molecule has 36 heavy (non-hydrogen) atoms. The molecule has 1 amide bonds. The molecule has 3 aromatic rings. The van der Waals surface area contributed by atoms with Gasteiger partial charge in [0.1, 0.15) is 27.6 Å². The van der Waals surface area contributed by atoms with Crippen LogP contribution < -0.4 is 15.5 Å². The molecule has 1 fully saturated rings. The van der Waals surface area contributed by atoms with Gasteiger partial charge in [0.15, 0.2) is 0 Å². The third kappa shape index (κ3) is 5.46. The van der Waals surface area contributed by atoms with Crippen LogP contribution in [0.25, 0.3) is 11.0 Å². The molecule has 10 nitrogen and oxygen atoms in total. The summed E-state index contributed by atoms with van der Waals surface area (Å²) in [5.41, 5.74) is 4.99. The second-order valence-corrected chi connectivity index (χ2v) is 11.7. The minimum absolute atomic E-state index is 0.0347. The molecule has 0 spiro atoms. The largest absolute Gasteiger partial charge is 0.378 e. The predicted octanol–water partition coefficient (Wildman–Crippen LogP) is 2.19. The van der Waals surface area contributed by atoms with Crippen molar-refractivity contribution in [3.63, 3.8) is 0 Å². The number of sulfone groups is 1. The molecule has 0 radical (unpaired) electrons. The maximum Gasteiger partial charge on any atom is 0.223 e. The van der Waals surface area contributed by atoms with Crippen LogP contribution in [0.4, 0.5) is 17.2 Å². The molecule has 1 saturated heterocycles. The average molecular weight is 513 g/mol. The Hall–Kier alpha value is -3.18. The maximum absolute atomic E-state index is 12.9. The van der Waals surface area contributed by atoms with Crippen LogP contribution >= 0.6 is 0 Å². The van der Waals surface area contributed by atoms with Gasteiger partial charge in [0.05, 0.1) is 35.7 Å².